The Hall–Kier alpha value is -2.11. The van der Waals surface area contributed by atoms with Crippen LogP contribution in [0, 0.1) is 10.1 Å². The van der Waals surface area contributed by atoms with Crippen molar-refractivity contribution in [2.45, 2.75) is 6.92 Å². The van der Waals surface area contributed by atoms with E-state index in [2.05, 4.69) is 5.32 Å². The second kappa shape index (κ2) is 5.29. The Morgan fingerprint density at radius 3 is 2.59 bits per heavy atom. The van der Waals surface area contributed by atoms with E-state index < -0.39 is 4.92 Å². The average Bonchev–Trinajstić information content (AvgIpc) is 2.27. The molecule has 0 aliphatic heterocycles. The van der Waals surface area contributed by atoms with Gasteiger partial charge in [-0.25, -0.2) is 0 Å². The molecule has 0 spiro atoms. The molecule has 92 valence electrons. The molecule has 0 aliphatic rings. The zero-order valence-electron chi connectivity index (χ0n) is 10.1. The molecule has 1 rings (SSSR count). The molecule has 0 aromatic heterocycles. The fraction of sp³-hybridized carbons (Fsp3) is 0.364. The van der Waals surface area contributed by atoms with Gasteiger partial charge in [0.2, 0.25) is 0 Å². The maximum Gasteiger partial charge on any atom is 0.305 e. The summed E-state index contributed by atoms with van der Waals surface area (Å²) in [5, 5.41) is 13.9. The van der Waals surface area contributed by atoms with Gasteiger partial charge in [-0.3, -0.25) is 14.9 Å². The van der Waals surface area contributed by atoms with Crippen LogP contribution in [-0.4, -0.2) is 36.4 Å². The first-order valence-electron chi connectivity index (χ1n) is 5.22. The van der Waals surface area contributed by atoms with Crippen molar-refractivity contribution >= 4 is 17.3 Å². The Bertz CT molecular complexity index is 444. The van der Waals surface area contributed by atoms with E-state index in [1.54, 1.807) is 26.2 Å². The molecule has 1 aromatic carbocycles. The summed E-state index contributed by atoms with van der Waals surface area (Å²) < 4.78 is 0. The first-order valence-corrected chi connectivity index (χ1v) is 5.22. The molecule has 0 aliphatic carbocycles. The van der Waals surface area contributed by atoms with Gasteiger partial charge in [-0.15, -0.1) is 0 Å². The van der Waals surface area contributed by atoms with Crippen molar-refractivity contribution in [3.8, 4) is 0 Å². The summed E-state index contributed by atoms with van der Waals surface area (Å²) in [5.41, 5.74) is 0.289. The fourth-order valence-electron chi connectivity index (χ4n) is 1.49. The maximum absolute atomic E-state index is 11.8. The molecule has 1 amide bonds. The van der Waals surface area contributed by atoms with Crippen molar-refractivity contribution in [2.24, 2.45) is 0 Å². The Balaban J connectivity index is 3.34. The van der Waals surface area contributed by atoms with Crippen LogP contribution in [0.5, 0.6) is 0 Å². The number of nitro groups is 1. The van der Waals surface area contributed by atoms with Crippen LogP contribution in [0.15, 0.2) is 18.2 Å². The van der Waals surface area contributed by atoms with E-state index in [4.69, 9.17) is 0 Å². The minimum Gasteiger partial charge on any atom is -0.380 e. The van der Waals surface area contributed by atoms with Crippen LogP contribution in [-0.2, 0) is 0 Å². The molecular weight excluding hydrogens is 222 g/mol. The minimum absolute atomic E-state index is 0.0958. The third-order valence-electron chi connectivity index (χ3n) is 2.22. The third-order valence-corrected chi connectivity index (χ3v) is 2.22. The Labute approximate surface area is 99.4 Å². The van der Waals surface area contributed by atoms with Gasteiger partial charge in [-0.1, -0.05) is 6.07 Å². The Kier molecular flexibility index (Phi) is 4.03. The largest absolute Gasteiger partial charge is 0.380 e. The van der Waals surface area contributed by atoms with Crippen LogP contribution in [0.2, 0.25) is 0 Å². The number of nitro benzene ring substituents is 1. The highest BCUT2D eigenvalue weighted by Crippen LogP contribution is 2.29. The maximum atomic E-state index is 11.8. The zero-order valence-corrected chi connectivity index (χ0v) is 10.1. The highest BCUT2D eigenvalue weighted by molar-refractivity contribution is 6.00. The lowest BCUT2D eigenvalue weighted by molar-refractivity contribution is -0.384. The molecule has 1 aromatic rings. The van der Waals surface area contributed by atoms with Crippen LogP contribution in [0.3, 0.4) is 0 Å². The summed E-state index contributed by atoms with van der Waals surface area (Å²) in [5.74, 6) is -0.378. The van der Waals surface area contributed by atoms with E-state index in [0.29, 0.717) is 12.2 Å². The monoisotopic (exact) mass is 237 g/mol. The lowest BCUT2D eigenvalue weighted by Gasteiger charge is -2.12. The standard InChI is InChI=1S/C11H15N3O3/c1-4-12-9-7-5-6-8(10(9)14(16)17)11(15)13(2)3/h5-7,12H,4H2,1-3H3. The van der Waals surface area contributed by atoms with Gasteiger partial charge in [0.25, 0.3) is 5.91 Å². The van der Waals surface area contributed by atoms with Gasteiger partial charge < -0.3 is 10.2 Å². The third kappa shape index (κ3) is 2.72. The lowest BCUT2D eigenvalue weighted by atomic mass is 10.1. The van der Waals surface area contributed by atoms with Gasteiger partial charge >= 0.3 is 5.69 Å². The molecule has 6 heteroatoms. The predicted octanol–water partition coefficient (Wildman–Crippen LogP) is 1.73. The second-order valence-electron chi connectivity index (χ2n) is 3.69. The number of amides is 1. The van der Waals surface area contributed by atoms with Crippen molar-refractivity contribution < 1.29 is 9.72 Å². The molecule has 1 N–H and O–H groups in total. The first kappa shape index (κ1) is 13.0. The van der Waals surface area contributed by atoms with Gasteiger partial charge in [0.1, 0.15) is 11.3 Å². The number of benzene rings is 1. The summed E-state index contributed by atoms with van der Waals surface area (Å²) in [6.45, 7) is 2.39. The van der Waals surface area contributed by atoms with E-state index >= 15 is 0 Å². The molecule has 0 saturated heterocycles. The number of hydrogen-bond donors (Lipinski definition) is 1. The molecular formula is C11H15N3O3. The summed E-state index contributed by atoms with van der Waals surface area (Å²) in [6.07, 6.45) is 0. The highest BCUT2D eigenvalue weighted by atomic mass is 16.6. The molecule has 0 unspecified atom stereocenters. The zero-order chi connectivity index (χ0) is 13.0. The number of nitrogens with one attached hydrogen (secondary N) is 1. The minimum atomic E-state index is -0.533. The summed E-state index contributed by atoms with van der Waals surface area (Å²) in [6, 6.07) is 4.68. The quantitative estimate of drug-likeness (QED) is 0.639. The van der Waals surface area contributed by atoms with Crippen molar-refractivity contribution in [2.75, 3.05) is 26.0 Å². The lowest BCUT2D eigenvalue weighted by Crippen LogP contribution is -2.23. The van der Waals surface area contributed by atoms with E-state index in [-0.39, 0.29) is 17.2 Å². The van der Waals surface area contributed by atoms with Crippen LogP contribution in [0.25, 0.3) is 0 Å². The normalized spacial score (nSPS) is 9.82. The number of para-hydroxylation sites is 1. The Morgan fingerprint density at radius 1 is 1.47 bits per heavy atom. The molecule has 0 saturated carbocycles. The number of carbonyl (C=O) groups is 1. The van der Waals surface area contributed by atoms with Crippen LogP contribution in [0.4, 0.5) is 11.4 Å². The molecule has 17 heavy (non-hydrogen) atoms. The van der Waals surface area contributed by atoms with Gasteiger partial charge in [0.15, 0.2) is 0 Å². The molecule has 0 fully saturated rings. The van der Waals surface area contributed by atoms with Crippen LogP contribution in [0.1, 0.15) is 17.3 Å². The van der Waals surface area contributed by atoms with Crippen molar-refractivity contribution in [3.63, 3.8) is 0 Å². The van der Waals surface area contributed by atoms with E-state index in [1.807, 2.05) is 6.92 Å². The van der Waals surface area contributed by atoms with Crippen molar-refractivity contribution in [1.82, 2.24) is 4.90 Å². The summed E-state index contributed by atoms with van der Waals surface area (Å²) >= 11 is 0. The van der Waals surface area contributed by atoms with Gasteiger partial charge in [-0.05, 0) is 19.1 Å². The van der Waals surface area contributed by atoms with Crippen LogP contribution >= 0.6 is 0 Å². The number of anilines is 1. The molecule has 6 nitrogen and oxygen atoms in total. The van der Waals surface area contributed by atoms with Gasteiger partial charge in [-0.2, -0.15) is 0 Å². The van der Waals surface area contributed by atoms with E-state index in [9.17, 15) is 14.9 Å². The molecule has 0 atom stereocenters. The number of carbonyl (C=O) groups excluding carboxylic acids is 1. The summed E-state index contributed by atoms with van der Waals surface area (Å²) in [4.78, 5) is 23.6. The predicted molar refractivity (Wildman–Crippen MR) is 65.3 cm³/mol. The second-order valence-corrected chi connectivity index (χ2v) is 3.69. The molecule has 0 heterocycles. The van der Waals surface area contributed by atoms with Crippen LogP contribution < -0.4 is 5.32 Å². The molecule has 0 radical (unpaired) electrons. The van der Waals surface area contributed by atoms with Gasteiger partial charge in [0, 0.05) is 20.6 Å². The first-order chi connectivity index (χ1) is 7.99. The number of rotatable bonds is 4. The van der Waals surface area contributed by atoms with Crippen molar-refractivity contribution in [1.29, 1.82) is 0 Å². The number of hydrogen-bond acceptors (Lipinski definition) is 4. The SMILES string of the molecule is CCNc1cccc(C(=O)N(C)C)c1[N+](=O)[O-]. The number of nitrogens with zero attached hydrogens (tertiary/aromatic N) is 2. The Morgan fingerprint density at radius 2 is 2.12 bits per heavy atom. The fourth-order valence-corrected chi connectivity index (χ4v) is 1.49. The smallest absolute Gasteiger partial charge is 0.305 e. The van der Waals surface area contributed by atoms with Gasteiger partial charge in [0.05, 0.1) is 4.92 Å². The van der Waals surface area contributed by atoms with E-state index in [1.165, 1.54) is 11.0 Å². The summed E-state index contributed by atoms with van der Waals surface area (Å²) in [7, 11) is 3.12. The topological polar surface area (TPSA) is 75.5 Å². The van der Waals surface area contributed by atoms with Crippen molar-refractivity contribution in [3.05, 3.63) is 33.9 Å². The molecule has 0 bridgehead atoms. The average molecular weight is 237 g/mol. The highest BCUT2D eigenvalue weighted by Gasteiger charge is 2.24. The van der Waals surface area contributed by atoms with E-state index in [0.717, 1.165) is 0 Å².